The van der Waals surface area contributed by atoms with E-state index in [-0.39, 0.29) is 5.82 Å². The Kier molecular flexibility index (Phi) is 5.13. The van der Waals surface area contributed by atoms with Crippen LogP contribution in [0.3, 0.4) is 0 Å². The second-order valence-corrected chi connectivity index (χ2v) is 3.69. The molecule has 0 fully saturated rings. The summed E-state index contributed by atoms with van der Waals surface area (Å²) in [7, 11) is 0. The molecule has 1 rings (SSSR count). The Hall–Kier alpha value is -1.91. The topological polar surface area (TPSA) is 50.8 Å². The molecule has 0 aromatic heterocycles. The standard InChI is InChI=1S/C13H14FN3/c1-2-17(7-3-6-15)10-12-8-11(9-16)4-5-13(12)14/h4-5,8H,2-3,7,10H2,1H3. The van der Waals surface area contributed by atoms with E-state index in [9.17, 15) is 4.39 Å². The van der Waals surface area contributed by atoms with Crippen molar-refractivity contribution in [3.05, 3.63) is 35.1 Å². The van der Waals surface area contributed by atoms with Crippen LogP contribution in [0.5, 0.6) is 0 Å². The van der Waals surface area contributed by atoms with Crippen LogP contribution in [0.4, 0.5) is 4.39 Å². The minimum atomic E-state index is -0.306. The van der Waals surface area contributed by atoms with E-state index in [2.05, 4.69) is 6.07 Å². The van der Waals surface area contributed by atoms with Gasteiger partial charge >= 0.3 is 0 Å². The molecule has 0 unspecified atom stereocenters. The van der Waals surface area contributed by atoms with Gasteiger partial charge in [0.05, 0.1) is 17.7 Å². The first kappa shape index (κ1) is 13.2. The molecule has 1 aromatic carbocycles. The van der Waals surface area contributed by atoms with E-state index in [1.165, 1.54) is 12.1 Å². The molecule has 1 aromatic rings. The Morgan fingerprint density at radius 2 is 2.12 bits per heavy atom. The number of benzene rings is 1. The molecule has 0 spiro atoms. The molecule has 0 aliphatic heterocycles. The highest BCUT2D eigenvalue weighted by atomic mass is 19.1. The molecule has 4 heteroatoms. The highest BCUT2D eigenvalue weighted by molar-refractivity contribution is 5.33. The summed E-state index contributed by atoms with van der Waals surface area (Å²) in [6.07, 6.45) is 0.424. The lowest BCUT2D eigenvalue weighted by atomic mass is 10.1. The summed E-state index contributed by atoms with van der Waals surface area (Å²) in [5, 5.41) is 17.3. The molecular weight excluding hydrogens is 217 g/mol. The van der Waals surface area contributed by atoms with Crippen LogP contribution in [0.2, 0.25) is 0 Å². The summed E-state index contributed by atoms with van der Waals surface area (Å²) in [6.45, 7) is 3.75. The van der Waals surface area contributed by atoms with Gasteiger partial charge in [0.2, 0.25) is 0 Å². The van der Waals surface area contributed by atoms with Crippen molar-refractivity contribution in [2.75, 3.05) is 13.1 Å². The maximum Gasteiger partial charge on any atom is 0.127 e. The van der Waals surface area contributed by atoms with E-state index < -0.39 is 0 Å². The van der Waals surface area contributed by atoms with Crippen LogP contribution in [-0.4, -0.2) is 18.0 Å². The van der Waals surface area contributed by atoms with Crippen LogP contribution < -0.4 is 0 Å². The Morgan fingerprint density at radius 1 is 1.35 bits per heavy atom. The van der Waals surface area contributed by atoms with E-state index in [0.717, 1.165) is 6.54 Å². The van der Waals surface area contributed by atoms with Crippen molar-refractivity contribution in [1.29, 1.82) is 10.5 Å². The van der Waals surface area contributed by atoms with Crippen LogP contribution in [0.15, 0.2) is 18.2 Å². The second kappa shape index (κ2) is 6.62. The highest BCUT2D eigenvalue weighted by Gasteiger charge is 2.08. The zero-order valence-corrected chi connectivity index (χ0v) is 9.78. The fourth-order valence-electron chi connectivity index (χ4n) is 1.56. The van der Waals surface area contributed by atoms with Crippen molar-refractivity contribution in [2.45, 2.75) is 19.9 Å². The van der Waals surface area contributed by atoms with Gasteiger partial charge in [0.15, 0.2) is 0 Å². The Balaban J connectivity index is 2.79. The van der Waals surface area contributed by atoms with Crippen LogP contribution >= 0.6 is 0 Å². The van der Waals surface area contributed by atoms with Gasteiger partial charge in [0.25, 0.3) is 0 Å². The van der Waals surface area contributed by atoms with E-state index >= 15 is 0 Å². The van der Waals surface area contributed by atoms with Gasteiger partial charge in [0.1, 0.15) is 5.82 Å². The lowest BCUT2D eigenvalue weighted by Crippen LogP contribution is -2.24. The molecule has 3 nitrogen and oxygen atoms in total. The number of hydrogen-bond acceptors (Lipinski definition) is 3. The number of nitriles is 2. The molecule has 0 amide bonds. The molecule has 17 heavy (non-hydrogen) atoms. The van der Waals surface area contributed by atoms with Crippen molar-refractivity contribution in [3.63, 3.8) is 0 Å². The summed E-state index contributed by atoms with van der Waals surface area (Å²) < 4.78 is 13.5. The average Bonchev–Trinajstić information content (AvgIpc) is 2.36. The SMILES string of the molecule is CCN(CCC#N)Cc1cc(C#N)ccc1F. The van der Waals surface area contributed by atoms with Crippen LogP contribution in [0.25, 0.3) is 0 Å². The van der Waals surface area contributed by atoms with Gasteiger partial charge in [-0.05, 0) is 24.7 Å². The van der Waals surface area contributed by atoms with Crippen LogP contribution in [0, 0.1) is 28.5 Å². The van der Waals surface area contributed by atoms with E-state index in [1.54, 1.807) is 6.07 Å². The molecule has 88 valence electrons. The quantitative estimate of drug-likeness (QED) is 0.782. The smallest absolute Gasteiger partial charge is 0.127 e. The summed E-state index contributed by atoms with van der Waals surface area (Å²) in [5.41, 5.74) is 0.960. The van der Waals surface area contributed by atoms with Gasteiger partial charge in [-0.15, -0.1) is 0 Å². The molecule has 0 bridgehead atoms. The largest absolute Gasteiger partial charge is 0.298 e. The first-order valence-electron chi connectivity index (χ1n) is 5.49. The first-order chi connectivity index (χ1) is 8.21. The fraction of sp³-hybridized carbons (Fsp3) is 0.385. The van der Waals surface area contributed by atoms with Gasteiger partial charge < -0.3 is 0 Å². The van der Waals surface area contributed by atoms with Crippen molar-refractivity contribution in [3.8, 4) is 12.1 Å². The summed E-state index contributed by atoms with van der Waals surface area (Å²) >= 11 is 0. The molecule has 0 saturated heterocycles. The van der Waals surface area contributed by atoms with Gasteiger partial charge in [0, 0.05) is 25.1 Å². The average molecular weight is 231 g/mol. The fourth-order valence-corrected chi connectivity index (χ4v) is 1.56. The third-order valence-electron chi connectivity index (χ3n) is 2.56. The molecule has 0 radical (unpaired) electrons. The molecule has 0 atom stereocenters. The number of rotatable bonds is 5. The normalized spacial score (nSPS) is 9.94. The minimum Gasteiger partial charge on any atom is -0.298 e. The Morgan fingerprint density at radius 3 is 2.71 bits per heavy atom. The van der Waals surface area contributed by atoms with Crippen LogP contribution in [-0.2, 0) is 6.54 Å². The summed E-state index contributed by atoms with van der Waals surface area (Å²) in [5.74, 6) is -0.306. The predicted molar refractivity (Wildman–Crippen MR) is 62.3 cm³/mol. The Labute approximate surface area is 101 Å². The van der Waals surface area contributed by atoms with E-state index in [0.29, 0.717) is 30.6 Å². The van der Waals surface area contributed by atoms with Gasteiger partial charge in [-0.1, -0.05) is 6.92 Å². The van der Waals surface area contributed by atoms with Crippen LogP contribution in [0.1, 0.15) is 24.5 Å². The minimum absolute atomic E-state index is 0.306. The third kappa shape index (κ3) is 3.86. The molecule has 0 N–H and O–H groups in total. The van der Waals surface area contributed by atoms with Crippen molar-refractivity contribution in [1.82, 2.24) is 4.90 Å². The third-order valence-corrected chi connectivity index (χ3v) is 2.56. The lowest BCUT2D eigenvalue weighted by Gasteiger charge is -2.19. The summed E-state index contributed by atoms with van der Waals surface area (Å²) in [4.78, 5) is 1.97. The zero-order chi connectivity index (χ0) is 12.7. The first-order valence-corrected chi connectivity index (χ1v) is 5.49. The number of hydrogen-bond donors (Lipinski definition) is 0. The maximum absolute atomic E-state index is 13.5. The summed E-state index contributed by atoms with van der Waals surface area (Å²) in [6, 6.07) is 8.39. The second-order valence-electron chi connectivity index (χ2n) is 3.69. The molecule has 0 aliphatic carbocycles. The van der Waals surface area contributed by atoms with Crippen molar-refractivity contribution < 1.29 is 4.39 Å². The van der Waals surface area contributed by atoms with Crippen molar-refractivity contribution in [2.24, 2.45) is 0 Å². The highest BCUT2D eigenvalue weighted by Crippen LogP contribution is 2.13. The van der Waals surface area contributed by atoms with E-state index in [4.69, 9.17) is 10.5 Å². The van der Waals surface area contributed by atoms with Crippen molar-refractivity contribution >= 4 is 0 Å². The molecule has 0 aliphatic rings. The Bertz CT molecular complexity index is 457. The van der Waals surface area contributed by atoms with Gasteiger partial charge in [-0.2, -0.15) is 10.5 Å². The maximum atomic E-state index is 13.5. The van der Waals surface area contributed by atoms with Gasteiger partial charge in [-0.3, -0.25) is 4.90 Å². The number of nitrogens with zero attached hydrogens (tertiary/aromatic N) is 3. The lowest BCUT2D eigenvalue weighted by molar-refractivity contribution is 0.282. The number of halogens is 1. The van der Waals surface area contributed by atoms with E-state index in [1.807, 2.05) is 17.9 Å². The van der Waals surface area contributed by atoms with Gasteiger partial charge in [-0.25, -0.2) is 4.39 Å². The zero-order valence-electron chi connectivity index (χ0n) is 9.78. The molecule has 0 saturated carbocycles. The molecule has 0 heterocycles. The monoisotopic (exact) mass is 231 g/mol. The molecular formula is C13H14FN3. The predicted octanol–water partition coefficient (Wildman–Crippen LogP) is 2.43.